The number of nitrogens with zero attached hydrogens (tertiary/aromatic N) is 2. The minimum Gasteiger partial charge on any atom is -0.396 e. The van der Waals surface area contributed by atoms with Gasteiger partial charge in [0, 0.05) is 28.8 Å². The van der Waals surface area contributed by atoms with Gasteiger partial charge in [-0.15, -0.1) is 0 Å². The van der Waals surface area contributed by atoms with Crippen molar-refractivity contribution < 1.29 is 5.11 Å². The molecule has 2 aromatic heterocycles. The second kappa shape index (κ2) is 4.94. The standard InChI is InChI=1S/C16H16N2O/c1-11-4-5-12-6-7-13-8-9-14(3-2-10-19)18-16(13)15(12)17-11/h4-9,19H,2-3,10H2,1H3. The molecule has 0 saturated heterocycles. The predicted octanol–water partition coefficient (Wildman–Crippen LogP) is 3.02. The Hall–Kier alpha value is -2.00. The fourth-order valence-corrected chi connectivity index (χ4v) is 2.31. The van der Waals surface area contributed by atoms with E-state index in [0.29, 0.717) is 0 Å². The van der Waals surface area contributed by atoms with Crippen molar-refractivity contribution in [1.29, 1.82) is 0 Å². The molecule has 1 N–H and O–H groups in total. The van der Waals surface area contributed by atoms with Gasteiger partial charge in [0.15, 0.2) is 0 Å². The van der Waals surface area contributed by atoms with Crippen LogP contribution in [0.3, 0.4) is 0 Å². The van der Waals surface area contributed by atoms with E-state index in [1.165, 1.54) is 0 Å². The number of hydrogen-bond donors (Lipinski definition) is 1. The predicted molar refractivity (Wildman–Crippen MR) is 77.2 cm³/mol. The fraction of sp³-hybridized carbons (Fsp3) is 0.250. The van der Waals surface area contributed by atoms with E-state index >= 15 is 0 Å². The molecule has 3 aromatic rings. The number of pyridine rings is 2. The summed E-state index contributed by atoms with van der Waals surface area (Å²) in [5, 5.41) is 11.1. The maximum absolute atomic E-state index is 8.91. The van der Waals surface area contributed by atoms with Gasteiger partial charge in [-0.2, -0.15) is 0 Å². The lowest BCUT2D eigenvalue weighted by atomic mass is 10.1. The molecule has 2 heterocycles. The Morgan fingerprint density at radius 1 is 0.895 bits per heavy atom. The average molecular weight is 252 g/mol. The summed E-state index contributed by atoms with van der Waals surface area (Å²) >= 11 is 0. The molecule has 0 atom stereocenters. The van der Waals surface area contributed by atoms with Gasteiger partial charge in [-0.05, 0) is 31.9 Å². The van der Waals surface area contributed by atoms with E-state index in [-0.39, 0.29) is 6.61 Å². The lowest BCUT2D eigenvalue weighted by Crippen LogP contribution is -1.95. The zero-order chi connectivity index (χ0) is 13.2. The SMILES string of the molecule is Cc1ccc2ccc3ccc(CCCO)nc3c2n1. The number of aromatic nitrogens is 2. The van der Waals surface area contributed by atoms with Crippen molar-refractivity contribution in [2.75, 3.05) is 6.61 Å². The van der Waals surface area contributed by atoms with Gasteiger partial charge in [0.25, 0.3) is 0 Å². The van der Waals surface area contributed by atoms with Crippen molar-refractivity contribution in [3.63, 3.8) is 0 Å². The van der Waals surface area contributed by atoms with Crippen LogP contribution in [0.1, 0.15) is 17.8 Å². The molecule has 0 spiro atoms. The van der Waals surface area contributed by atoms with Crippen molar-refractivity contribution in [3.8, 4) is 0 Å². The molecule has 0 bridgehead atoms. The van der Waals surface area contributed by atoms with Gasteiger partial charge < -0.3 is 5.11 Å². The van der Waals surface area contributed by atoms with Crippen LogP contribution in [0.5, 0.6) is 0 Å². The Labute approximate surface area is 111 Å². The van der Waals surface area contributed by atoms with Gasteiger partial charge in [0.1, 0.15) is 0 Å². The van der Waals surface area contributed by atoms with E-state index < -0.39 is 0 Å². The first-order valence-electron chi connectivity index (χ1n) is 6.55. The number of aliphatic hydroxyl groups is 1. The Bertz CT molecular complexity index is 737. The highest BCUT2D eigenvalue weighted by Gasteiger charge is 2.05. The van der Waals surface area contributed by atoms with Crippen molar-refractivity contribution >= 4 is 21.8 Å². The lowest BCUT2D eigenvalue weighted by Gasteiger charge is -2.06. The van der Waals surface area contributed by atoms with Gasteiger partial charge in [0.05, 0.1) is 11.0 Å². The van der Waals surface area contributed by atoms with Crippen LogP contribution in [-0.4, -0.2) is 21.7 Å². The van der Waals surface area contributed by atoms with Crippen LogP contribution >= 0.6 is 0 Å². The summed E-state index contributed by atoms with van der Waals surface area (Å²) in [5.74, 6) is 0. The molecule has 96 valence electrons. The highest BCUT2D eigenvalue weighted by molar-refractivity contribution is 6.02. The molecule has 3 heteroatoms. The minimum atomic E-state index is 0.201. The van der Waals surface area contributed by atoms with Crippen molar-refractivity contribution in [3.05, 3.63) is 47.8 Å². The highest BCUT2D eigenvalue weighted by atomic mass is 16.2. The molecule has 0 aliphatic heterocycles. The molecule has 3 nitrogen and oxygen atoms in total. The number of aryl methyl sites for hydroxylation is 2. The molecule has 19 heavy (non-hydrogen) atoms. The number of aliphatic hydroxyl groups excluding tert-OH is 1. The largest absolute Gasteiger partial charge is 0.396 e. The molecule has 0 amide bonds. The van der Waals surface area contributed by atoms with Gasteiger partial charge in [0.2, 0.25) is 0 Å². The van der Waals surface area contributed by atoms with E-state index in [4.69, 9.17) is 10.1 Å². The number of benzene rings is 1. The van der Waals surface area contributed by atoms with Crippen LogP contribution in [0, 0.1) is 6.92 Å². The first kappa shape index (κ1) is 12.1. The van der Waals surface area contributed by atoms with Crippen molar-refractivity contribution in [2.24, 2.45) is 0 Å². The monoisotopic (exact) mass is 252 g/mol. The molecule has 0 aliphatic rings. The number of hydrogen-bond acceptors (Lipinski definition) is 3. The maximum Gasteiger partial charge on any atom is 0.0967 e. The van der Waals surface area contributed by atoms with Crippen molar-refractivity contribution in [2.45, 2.75) is 19.8 Å². The Kier molecular flexibility index (Phi) is 3.13. The number of fused-ring (bicyclic) bond motifs is 3. The van der Waals surface area contributed by atoms with E-state index in [9.17, 15) is 0 Å². The summed E-state index contributed by atoms with van der Waals surface area (Å²) in [6.07, 6.45) is 1.55. The average Bonchev–Trinajstić information content (AvgIpc) is 2.44. The van der Waals surface area contributed by atoms with Crippen LogP contribution in [0.2, 0.25) is 0 Å². The molecule has 0 unspecified atom stereocenters. The summed E-state index contributed by atoms with van der Waals surface area (Å²) < 4.78 is 0. The van der Waals surface area contributed by atoms with E-state index in [1.54, 1.807) is 0 Å². The smallest absolute Gasteiger partial charge is 0.0967 e. The van der Waals surface area contributed by atoms with Gasteiger partial charge in [-0.25, -0.2) is 0 Å². The summed E-state index contributed by atoms with van der Waals surface area (Å²) in [4.78, 5) is 9.32. The van der Waals surface area contributed by atoms with E-state index in [0.717, 1.165) is 46.0 Å². The first-order valence-corrected chi connectivity index (χ1v) is 6.55. The Morgan fingerprint density at radius 3 is 2.26 bits per heavy atom. The van der Waals surface area contributed by atoms with Gasteiger partial charge >= 0.3 is 0 Å². The third-order valence-electron chi connectivity index (χ3n) is 3.31. The summed E-state index contributed by atoms with van der Waals surface area (Å²) in [5.41, 5.74) is 3.93. The molecule has 0 aliphatic carbocycles. The molecule has 0 fully saturated rings. The van der Waals surface area contributed by atoms with Crippen LogP contribution in [0.4, 0.5) is 0 Å². The molecular weight excluding hydrogens is 236 g/mol. The minimum absolute atomic E-state index is 0.201. The third-order valence-corrected chi connectivity index (χ3v) is 3.31. The highest BCUT2D eigenvalue weighted by Crippen LogP contribution is 2.23. The zero-order valence-corrected chi connectivity index (χ0v) is 10.9. The summed E-state index contributed by atoms with van der Waals surface area (Å²) in [6.45, 7) is 2.19. The topological polar surface area (TPSA) is 46.0 Å². The number of rotatable bonds is 3. The Balaban J connectivity index is 2.22. The summed E-state index contributed by atoms with van der Waals surface area (Å²) in [6, 6.07) is 12.4. The van der Waals surface area contributed by atoms with Crippen molar-refractivity contribution in [1.82, 2.24) is 9.97 Å². The van der Waals surface area contributed by atoms with Crippen LogP contribution in [0.15, 0.2) is 36.4 Å². The first-order chi connectivity index (χ1) is 9.28. The normalized spacial score (nSPS) is 11.3. The fourth-order valence-electron chi connectivity index (χ4n) is 2.31. The zero-order valence-electron chi connectivity index (χ0n) is 10.9. The van der Waals surface area contributed by atoms with Gasteiger partial charge in [-0.3, -0.25) is 9.97 Å². The Morgan fingerprint density at radius 2 is 1.53 bits per heavy atom. The third kappa shape index (κ3) is 2.29. The second-order valence-electron chi connectivity index (χ2n) is 4.79. The second-order valence-corrected chi connectivity index (χ2v) is 4.79. The maximum atomic E-state index is 8.91. The van der Waals surface area contributed by atoms with Crippen LogP contribution in [0.25, 0.3) is 21.8 Å². The molecule has 1 aromatic carbocycles. The van der Waals surface area contributed by atoms with E-state index in [1.807, 2.05) is 19.1 Å². The van der Waals surface area contributed by atoms with E-state index in [2.05, 4.69) is 29.2 Å². The molecule has 0 radical (unpaired) electrons. The quantitative estimate of drug-likeness (QED) is 0.729. The molecular formula is C16H16N2O. The molecule has 0 saturated carbocycles. The van der Waals surface area contributed by atoms with Crippen LogP contribution in [-0.2, 0) is 6.42 Å². The summed E-state index contributed by atoms with van der Waals surface area (Å²) in [7, 11) is 0. The lowest BCUT2D eigenvalue weighted by molar-refractivity contribution is 0.288. The molecule has 3 rings (SSSR count). The van der Waals surface area contributed by atoms with Crippen LogP contribution < -0.4 is 0 Å². The van der Waals surface area contributed by atoms with Gasteiger partial charge in [-0.1, -0.05) is 24.3 Å².